The summed E-state index contributed by atoms with van der Waals surface area (Å²) in [7, 11) is 6.33. The first-order chi connectivity index (χ1) is 9.46. The van der Waals surface area contributed by atoms with Crippen molar-refractivity contribution in [1.29, 1.82) is 0 Å². The Bertz CT molecular complexity index is 597. The van der Waals surface area contributed by atoms with E-state index >= 15 is 0 Å². The second-order valence-electron chi connectivity index (χ2n) is 5.92. The lowest BCUT2D eigenvalue weighted by Gasteiger charge is -2.23. The van der Waals surface area contributed by atoms with Crippen LogP contribution in [0.15, 0.2) is 36.5 Å². The minimum Gasteiger partial charge on any atom is -0.424 e. The van der Waals surface area contributed by atoms with Crippen LogP contribution in [0.2, 0.25) is 0 Å². The lowest BCUT2D eigenvalue weighted by Crippen LogP contribution is -2.35. The number of rotatable bonds is 5. The molecule has 0 aliphatic rings. The highest BCUT2D eigenvalue weighted by Crippen LogP contribution is 2.23. The first-order valence-corrected chi connectivity index (χ1v) is 6.80. The molecule has 0 unspecified atom stereocenters. The van der Waals surface area contributed by atoms with Crippen LogP contribution in [0.5, 0.6) is 5.75 Å². The smallest absolute Gasteiger partial charge is 0.311 e. The molecule has 1 aromatic heterocycles. The van der Waals surface area contributed by atoms with E-state index in [-0.39, 0.29) is 5.97 Å². The quantitative estimate of drug-likeness (QED) is 0.477. The maximum Gasteiger partial charge on any atom is 0.311 e. The Labute approximate surface area is 119 Å². The van der Waals surface area contributed by atoms with E-state index in [0.29, 0.717) is 12.2 Å². The predicted molar refractivity (Wildman–Crippen MR) is 79.5 cm³/mol. The van der Waals surface area contributed by atoms with Crippen molar-refractivity contribution < 1.29 is 14.0 Å². The largest absolute Gasteiger partial charge is 0.424 e. The highest BCUT2D eigenvalue weighted by Gasteiger charge is 2.12. The molecule has 0 N–H and O–H groups in total. The standard InChI is InChI=1S/C16H21N2O2/c1-18(2,3)12-6-10-15(19)20-14-9-4-7-13-8-5-11-17-16(13)14/h4-5,7-9,11H,6,10,12H2,1-3H3/q+1. The zero-order chi connectivity index (χ0) is 14.6. The predicted octanol–water partition coefficient (Wildman–Crippen LogP) is 2.63. The normalized spacial score (nSPS) is 11.6. The van der Waals surface area contributed by atoms with E-state index in [2.05, 4.69) is 26.1 Å². The number of ether oxygens (including phenoxy) is 1. The van der Waals surface area contributed by atoms with Crippen molar-refractivity contribution in [3.63, 3.8) is 0 Å². The lowest BCUT2D eigenvalue weighted by molar-refractivity contribution is -0.870. The number of hydrogen-bond acceptors (Lipinski definition) is 3. The molecule has 0 saturated carbocycles. The summed E-state index contributed by atoms with van der Waals surface area (Å²) in [6, 6.07) is 9.44. The van der Waals surface area contributed by atoms with Crippen LogP contribution in [0, 0.1) is 0 Å². The van der Waals surface area contributed by atoms with Crippen LogP contribution < -0.4 is 4.74 Å². The van der Waals surface area contributed by atoms with E-state index in [4.69, 9.17) is 4.74 Å². The Hall–Kier alpha value is -1.94. The van der Waals surface area contributed by atoms with E-state index in [0.717, 1.165) is 28.4 Å². The third-order valence-electron chi connectivity index (χ3n) is 3.03. The van der Waals surface area contributed by atoms with E-state index < -0.39 is 0 Å². The second-order valence-corrected chi connectivity index (χ2v) is 5.92. The fourth-order valence-corrected chi connectivity index (χ4v) is 2.03. The van der Waals surface area contributed by atoms with Gasteiger partial charge in [-0.1, -0.05) is 18.2 Å². The summed E-state index contributed by atoms with van der Waals surface area (Å²) >= 11 is 0. The number of para-hydroxylation sites is 1. The number of carbonyl (C=O) groups excluding carboxylic acids is 1. The topological polar surface area (TPSA) is 39.2 Å². The second kappa shape index (κ2) is 6.01. The summed E-state index contributed by atoms with van der Waals surface area (Å²) < 4.78 is 6.28. The maximum atomic E-state index is 11.9. The zero-order valence-corrected chi connectivity index (χ0v) is 12.3. The van der Waals surface area contributed by atoms with Crippen LogP contribution >= 0.6 is 0 Å². The van der Waals surface area contributed by atoms with Gasteiger partial charge < -0.3 is 9.22 Å². The summed E-state index contributed by atoms with van der Waals surface area (Å²) in [4.78, 5) is 16.2. The van der Waals surface area contributed by atoms with Crippen molar-refractivity contribution in [2.75, 3.05) is 27.7 Å². The fourth-order valence-electron chi connectivity index (χ4n) is 2.03. The molecular formula is C16H21N2O2+. The number of benzene rings is 1. The molecular weight excluding hydrogens is 252 g/mol. The summed E-state index contributed by atoms with van der Waals surface area (Å²) in [5.41, 5.74) is 0.731. The Morgan fingerprint density at radius 3 is 2.70 bits per heavy atom. The molecule has 4 heteroatoms. The molecule has 0 radical (unpaired) electrons. The molecule has 0 fully saturated rings. The molecule has 2 aromatic rings. The first kappa shape index (κ1) is 14.5. The summed E-state index contributed by atoms with van der Waals surface area (Å²) in [6.45, 7) is 0.947. The SMILES string of the molecule is C[N+](C)(C)CCCC(=O)Oc1cccc2cccnc12. The minimum atomic E-state index is -0.198. The average molecular weight is 273 g/mol. The highest BCUT2D eigenvalue weighted by atomic mass is 16.5. The first-order valence-electron chi connectivity index (χ1n) is 6.80. The minimum absolute atomic E-state index is 0.198. The van der Waals surface area contributed by atoms with E-state index in [1.165, 1.54) is 0 Å². The number of quaternary nitrogens is 1. The van der Waals surface area contributed by atoms with E-state index in [1.54, 1.807) is 12.3 Å². The lowest BCUT2D eigenvalue weighted by atomic mass is 10.2. The third-order valence-corrected chi connectivity index (χ3v) is 3.03. The molecule has 0 aliphatic heterocycles. The molecule has 0 spiro atoms. The molecule has 0 atom stereocenters. The number of carbonyl (C=O) groups is 1. The maximum absolute atomic E-state index is 11.9. The van der Waals surface area contributed by atoms with Gasteiger partial charge in [-0.15, -0.1) is 0 Å². The zero-order valence-electron chi connectivity index (χ0n) is 12.3. The Balaban J connectivity index is 2.00. The monoisotopic (exact) mass is 273 g/mol. The Morgan fingerprint density at radius 1 is 1.20 bits per heavy atom. The highest BCUT2D eigenvalue weighted by molar-refractivity contribution is 5.86. The van der Waals surface area contributed by atoms with E-state index in [1.807, 2.05) is 24.3 Å². The molecule has 0 amide bonds. The van der Waals surface area contributed by atoms with Gasteiger partial charge in [0.15, 0.2) is 5.75 Å². The van der Waals surface area contributed by atoms with Crippen molar-refractivity contribution in [3.8, 4) is 5.75 Å². The van der Waals surface area contributed by atoms with Gasteiger partial charge in [0.1, 0.15) is 5.52 Å². The van der Waals surface area contributed by atoms with Crippen LogP contribution in [0.25, 0.3) is 10.9 Å². The molecule has 1 aromatic carbocycles. The number of aromatic nitrogens is 1. The molecule has 0 bridgehead atoms. The fraction of sp³-hybridized carbons (Fsp3) is 0.375. The number of pyridine rings is 1. The summed E-state index contributed by atoms with van der Waals surface area (Å²) in [5.74, 6) is 0.343. The third kappa shape index (κ3) is 4.03. The average Bonchev–Trinajstić information content (AvgIpc) is 2.37. The van der Waals surface area contributed by atoms with Crippen molar-refractivity contribution in [2.45, 2.75) is 12.8 Å². The van der Waals surface area contributed by atoms with Crippen LogP contribution in [0.1, 0.15) is 12.8 Å². The van der Waals surface area contributed by atoms with Crippen LogP contribution in [0.3, 0.4) is 0 Å². The van der Waals surface area contributed by atoms with Crippen molar-refractivity contribution in [2.24, 2.45) is 0 Å². The van der Waals surface area contributed by atoms with Gasteiger partial charge in [-0.3, -0.25) is 9.78 Å². The number of hydrogen-bond donors (Lipinski definition) is 0. The van der Waals surface area contributed by atoms with Crippen LogP contribution in [-0.2, 0) is 4.79 Å². The van der Waals surface area contributed by atoms with Gasteiger partial charge in [0.2, 0.25) is 0 Å². The molecule has 0 saturated heterocycles. The van der Waals surface area contributed by atoms with Crippen molar-refractivity contribution in [3.05, 3.63) is 36.5 Å². The molecule has 2 rings (SSSR count). The summed E-state index contributed by atoms with van der Waals surface area (Å²) in [5, 5.41) is 0.976. The van der Waals surface area contributed by atoms with Crippen LogP contribution in [-0.4, -0.2) is 43.1 Å². The molecule has 106 valence electrons. The van der Waals surface area contributed by atoms with Gasteiger partial charge >= 0.3 is 5.97 Å². The van der Waals surface area contributed by atoms with Crippen molar-refractivity contribution in [1.82, 2.24) is 4.98 Å². The van der Waals surface area contributed by atoms with Gasteiger partial charge in [-0.2, -0.15) is 0 Å². The Morgan fingerprint density at radius 2 is 1.95 bits per heavy atom. The van der Waals surface area contributed by atoms with Gasteiger partial charge in [0.05, 0.1) is 34.1 Å². The number of esters is 1. The molecule has 1 heterocycles. The van der Waals surface area contributed by atoms with Gasteiger partial charge in [0.25, 0.3) is 0 Å². The van der Waals surface area contributed by atoms with Gasteiger partial charge in [-0.05, 0) is 12.1 Å². The molecule has 0 aliphatic carbocycles. The number of nitrogens with zero attached hydrogens (tertiary/aromatic N) is 2. The van der Waals surface area contributed by atoms with Gasteiger partial charge in [-0.25, -0.2) is 0 Å². The van der Waals surface area contributed by atoms with Crippen LogP contribution in [0.4, 0.5) is 0 Å². The summed E-state index contributed by atoms with van der Waals surface area (Å²) in [6.07, 6.45) is 2.95. The number of fused-ring (bicyclic) bond motifs is 1. The molecule has 4 nitrogen and oxygen atoms in total. The van der Waals surface area contributed by atoms with Crippen molar-refractivity contribution >= 4 is 16.9 Å². The van der Waals surface area contributed by atoms with Gasteiger partial charge in [0, 0.05) is 18.0 Å². The Kier molecular flexibility index (Phi) is 4.35. The van der Waals surface area contributed by atoms with E-state index in [9.17, 15) is 4.79 Å². The molecule has 20 heavy (non-hydrogen) atoms.